The van der Waals surface area contributed by atoms with Gasteiger partial charge in [-0.25, -0.2) is 4.39 Å². The van der Waals surface area contributed by atoms with Gasteiger partial charge in [0.25, 0.3) is 0 Å². The van der Waals surface area contributed by atoms with Crippen LogP contribution >= 0.6 is 11.3 Å². The molecule has 1 unspecified atom stereocenters. The van der Waals surface area contributed by atoms with Crippen LogP contribution in [0.5, 0.6) is 0 Å². The molecule has 0 spiro atoms. The lowest BCUT2D eigenvalue weighted by molar-refractivity contribution is 0.617. The Bertz CT molecular complexity index is 526. The van der Waals surface area contributed by atoms with E-state index in [0.29, 0.717) is 5.56 Å². The first kappa shape index (κ1) is 12.3. The maximum Gasteiger partial charge on any atom is 0.126 e. The molecule has 3 heteroatoms. The van der Waals surface area contributed by atoms with Crippen molar-refractivity contribution in [1.29, 1.82) is 0 Å². The summed E-state index contributed by atoms with van der Waals surface area (Å²) in [5, 5.41) is 0. The third-order valence-electron chi connectivity index (χ3n) is 3.03. The molecule has 0 radical (unpaired) electrons. The summed E-state index contributed by atoms with van der Waals surface area (Å²) in [7, 11) is 0. The van der Waals surface area contributed by atoms with Crippen molar-refractivity contribution in [1.82, 2.24) is 0 Å². The molecule has 0 bridgehead atoms. The quantitative estimate of drug-likeness (QED) is 0.859. The highest BCUT2D eigenvalue weighted by atomic mass is 32.1. The highest BCUT2D eigenvalue weighted by Gasteiger charge is 2.13. The Morgan fingerprint density at radius 3 is 2.35 bits per heavy atom. The number of aryl methyl sites for hydroxylation is 3. The van der Waals surface area contributed by atoms with E-state index in [1.807, 2.05) is 6.07 Å². The summed E-state index contributed by atoms with van der Waals surface area (Å²) in [6.07, 6.45) is 0. The molecule has 0 aliphatic heterocycles. The van der Waals surface area contributed by atoms with Gasteiger partial charge in [0.15, 0.2) is 0 Å². The summed E-state index contributed by atoms with van der Waals surface area (Å²) >= 11 is 1.71. The van der Waals surface area contributed by atoms with E-state index in [4.69, 9.17) is 5.73 Å². The Hall–Kier alpha value is -1.19. The number of nitrogens with two attached hydrogens (primary N) is 1. The zero-order chi connectivity index (χ0) is 12.6. The SMILES string of the molecule is Cc1cc(C(N)c2cc(C)c(C)s2)ccc1F. The van der Waals surface area contributed by atoms with E-state index < -0.39 is 0 Å². The van der Waals surface area contributed by atoms with Crippen LogP contribution in [-0.4, -0.2) is 0 Å². The van der Waals surface area contributed by atoms with Crippen molar-refractivity contribution >= 4 is 11.3 Å². The summed E-state index contributed by atoms with van der Waals surface area (Å²) < 4.78 is 13.2. The van der Waals surface area contributed by atoms with Crippen LogP contribution in [0.25, 0.3) is 0 Å². The topological polar surface area (TPSA) is 26.0 Å². The Balaban J connectivity index is 2.36. The molecule has 2 aromatic rings. The summed E-state index contributed by atoms with van der Waals surface area (Å²) in [4.78, 5) is 2.42. The first-order valence-electron chi connectivity index (χ1n) is 5.57. The van der Waals surface area contributed by atoms with E-state index in [2.05, 4.69) is 19.9 Å². The number of rotatable bonds is 2. The van der Waals surface area contributed by atoms with E-state index in [0.717, 1.165) is 10.4 Å². The molecule has 1 aromatic heterocycles. The minimum atomic E-state index is -0.181. The standard InChI is InChI=1S/C14H16FNS/c1-8-7-13(17-10(8)3)14(16)11-4-5-12(15)9(2)6-11/h4-7,14H,16H2,1-3H3. The number of halogens is 1. The Morgan fingerprint density at radius 1 is 1.12 bits per heavy atom. The fraction of sp³-hybridized carbons (Fsp3) is 0.286. The molecule has 1 heterocycles. The molecule has 0 fully saturated rings. The van der Waals surface area contributed by atoms with Crippen LogP contribution in [0.15, 0.2) is 24.3 Å². The average molecular weight is 249 g/mol. The molecule has 17 heavy (non-hydrogen) atoms. The Kier molecular flexibility index (Phi) is 3.31. The van der Waals surface area contributed by atoms with Crippen molar-refractivity contribution in [2.45, 2.75) is 26.8 Å². The second-order valence-electron chi connectivity index (χ2n) is 4.37. The number of thiophene rings is 1. The van der Waals surface area contributed by atoms with Crippen LogP contribution in [0.2, 0.25) is 0 Å². The van der Waals surface area contributed by atoms with Gasteiger partial charge >= 0.3 is 0 Å². The maximum absolute atomic E-state index is 13.2. The lowest BCUT2D eigenvalue weighted by Crippen LogP contribution is -2.10. The molecular formula is C14H16FNS. The van der Waals surface area contributed by atoms with Crippen molar-refractivity contribution in [3.8, 4) is 0 Å². The van der Waals surface area contributed by atoms with E-state index in [9.17, 15) is 4.39 Å². The molecule has 0 aliphatic rings. The van der Waals surface area contributed by atoms with Crippen molar-refractivity contribution in [3.05, 3.63) is 56.5 Å². The van der Waals surface area contributed by atoms with Gasteiger partial charge in [-0.1, -0.05) is 12.1 Å². The van der Waals surface area contributed by atoms with Gasteiger partial charge in [-0.05, 0) is 49.6 Å². The van der Waals surface area contributed by atoms with Crippen LogP contribution in [0.1, 0.15) is 32.5 Å². The second-order valence-corrected chi connectivity index (χ2v) is 5.66. The fourth-order valence-corrected chi connectivity index (χ4v) is 2.85. The van der Waals surface area contributed by atoms with Crippen LogP contribution in [0.3, 0.4) is 0 Å². The van der Waals surface area contributed by atoms with E-state index in [-0.39, 0.29) is 11.9 Å². The molecule has 0 saturated carbocycles. The highest BCUT2D eigenvalue weighted by Crippen LogP contribution is 2.29. The minimum Gasteiger partial charge on any atom is -0.320 e. The third kappa shape index (κ3) is 2.40. The van der Waals surface area contributed by atoms with Gasteiger partial charge in [0.2, 0.25) is 0 Å². The smallest absolute Gasteiger partial charge is 0.126 e. The summed E-state index contributed by atoms with van der Waals surface area (Å²) in [6, 6.07) is 7.02. The number of hydrogen-bond donors (Lipinski definition) is 1. The Morgan fingerprint density at radius 2 is 1.82 bits per heavy atom. The number of hydrogen-bond acceptors (Lipinski definition) is 2. The zero-order valence-electron chi connectivity index (χ0n) is 10.3. The van der Waals surface area contributed by atoms with Crippen LogP contribution in [0, 0.1) is 26.6 Å². The monoisotopic (exact) mass is 249 g/mol. The summed E-state index contributed by atoms with van der Waals surface area (Å²) in [6.45, 7) is 5.93. The van der Waals surface area contributed by atoms with Gasteiger partial charge in [0, 0.05) is 9.75 Å². The lowest BCUT2D eigenvalue weighted by Gasteiger charge is -2.11. The van der Waals surface area contributed by atoms with Gasteiger partial charge in [0.1, 0.15) is 5.82 Å². The van der Waals surface area contributed by atoms with Crippen molar-refractivity contribution in [3.63, 3.8) is 0 Å². The highest BCUT2D eigenvalue weighted by molar-refractivity contribution is 7.12. The van der Waals surface area contributed by atoms with E-state index in [1.165, 1.54) is 16.5 Å². The average Bonchev–Trinajstić information content (AvgIpc) is 2.62. The van der Waals surface area contributed by atoms with E-state index in [1.54, 1.807) is 24.3 Å². The second kappa shape index (κ2) is 4.59. The summed E-state index contributed by atoms with van der Waals surface area (Å²) in [5.74, 6) is -0.181. The van der Waals surface area contributed by atoms with Crippen molar-refractivity contribution in [2.75, 3.05) is 0 Å². The first-order chi connectivity index (χ1) is 7.99. The van der Waals surface area contributed by atoms with Gasteiger partial charge in [0.05, 0.1) is 6.04 Å². The van der Waals surface area contributed by atoms with Crippen LogP contribution in [0.4, 0.5) is 4.39 Å². The van der Waals surface area contributed by atoms with Gasteiger partial charge < -0.3 is 5.73 Å². The van der Waals surface area contributed by atoms with Crippen LogP contribution < -0.4 is 5.73 Å². The molecule has 1 atom stereocenters. The van der Waals surface area contributed by atoms with Gasteiger partial charge in [-0.3, -0.25) is 0 Å². The molecule has 0 aliphatic carbocycles. The summed E-state index contributed by atoms with van der Waals surface area (Å²) in [5.41, 5.74) is 9.07. The largest absolute Gasteiger partial charge is 0.320 e. The lowest BCUT2D eigenvalue weighted by atomic mass is 10.0. The third-order valence-corrected chi connectivity index (χ3v) is 4.27. The van der Waals surface area contributed by atoms with Crippen molar-refractivity contribution < 1.29 is 4.39 Å². The number of benzene rings is 1. The van der Waals surface area contributed by atoms with E-state index >= 15 is 0 Å². The molecule has 1 aromatic carbocycles. The molecule has 90 valence electrons. The molecule has 0 amide bonds. The molecule has 0 saturated heterocycles. The molecule has 2 N–H and O–H groups in total. The minimum absolute atomic E-state index is 0.160. The molecular weight excluding hydrogens is 233 g/mol. The van der Waals surface area contributed by atoms with Crippen molar-refractivity contribution in [2.24, 2.45) is 5.73 Å². The Labute approximate surface area is 105 Å². The fourth-order valence-electron chi connectivity index (χ4n) is 1.78. The van der Waals surface area contributed by atoms with Crippen LogP contribution in [-0.2, 0) is 0 Å². The van der Waals surface area contributed by atoms with Gasteiger partial charge in [-0.15, -0.1) is 11.3 Å². The molecule has 1 nitrogen and oxygen atoms in total. The predicted octanol–water partition coefficient (Wildman–Crippen LogP) is 3.86. The maximum atomic E-state index is 13.2. The molecule has 2 rings (SSSR count). The zero-order valence-corrected chi connectivity index (χ0v) is 11.1. The normalized spacial score (nSPS) is 12.8. The predicted molar refractivity (Wildman–Crippen MR) is 71.0 cm³/mol. The van der Waals surface area contributed by atoms with Gasteiger partial charge in [-0.2, -0.15) is 0 Å². The first-order valence-corrected chi connectivity index (χ1v) is 6.39.